The van der Waals surface area contributed by atoms with Gasteiger partial charge in [-0.25, -0.2) is 4.79 Å². The number of para-hydroxylation sites is 2. The predicted octanol–water partition coefficient (Wildman–Crippen LogP) is 2.09. The van der Waals surface area contributed by atoms with Gasteiger partial charge in [-0.2, -0.15) is 0 Å². The fourth-order valence-electron chi connectivity index (χ4n) is 2.14. The number of amides is 1. The van der Waals surface area contributed by atoms with Crippen LogP contribution in [0.25, 0.3) is 0 Å². The summed E-state index contributed by atoms with van der Waals surface area (Å²) in [4.78, 5) is 26.6. The fourth-order valence-corrected chi connectivity index (χ4v) is 2.14. The zero-order valence-electron chi connectivity index (χ0n) is 16.9. The van der Waals surface area contributed by atoms with Crippen LogP contribution in [0.4, 0.5) is 16.2 Å². The van der Waals surface area contributed by atoms with Crippen molar-refractivity contribution in [1.82, 2.24) is 16.0 Å². The summed E-state index contributed by atoms with van der Waals surface area (Å²) in [6.07, 6.45) is -0.468. The van der Waals surface area contributed by atoms with Gasteiger partial charge in [0.05, 0.1) is 11.5 Å². The SMILES string of the molecule is CCNC(=NCCNc1ccccc1[N+](=O)[O-])NCCNC(=O)OC(C)(C)C. The molecule has 1 rings (SSSR count). The lowest BCUT2D eigenvalue weighted by atomic mass is 10.2. The number of hydrogen-bond acceptors (Lipinski definition) is 6. The lowest BCUT2D eigenvalue weighted by Crippen LogP contribution is -2.42. The smallest absolute Gasteiger partial charge is 0.407 e. The van der Waals surface area contributed by atoms with Gasteiger partial charge in [-0.3, -0.25) is 15.1 Å². The average molecular weight is 394 g/mol. The van der Waals surface area contributed by atoms with Gasteiger partial charge in [-0.1, -0.05) is 12.1 Å². The van der Waals surface area contributed by atoms with E-state index >= 15 is 0 Å². The van der Waals surface area contributed by atoms with Gasteiger partial charge < -0.3 is 26.0 Å². The van der Waals surface area contributed by atoms with Crippen LogP contribution < -0.4 is 21.3 Å². The number of aliphatic imine (C=N–C) groups is 1. The molecule has 0 saturated carbocycles. The van der Waals surface area contributed by atoms with Crippen LogP contribution in [0.3, 0.4) is 0 Å². The van der Waals surface area contributed by atoms with E-state index in [0.717, 1.165) is 0 Å². The van der Waals surface area contributed by atoms with E-state index in [2.05, 4.69) is 26.3 Å². The summed E-state index contributed by atoms with van der Waals surface area (Å²) < 4.78 is 5.16. The number of carbonyl (C=O) groups excluding carboxylic acids is 1. The summed E-state index contributed by atoms with van der Waals surface area (Å²) >= 11 is 0. The Labute approximate surface area is 165 Å². The Morgan fingerprint density at radius 2 is 1.82 bits per heavy atom. The molecule has 0 fully saturated rings. The van der Waals surface area contributed by atoms with Gasteiger partial charge in [-0.15, -0.1) is 0 Å². The molecule has 0 bridgehead atoms. The molecule has 4 N–H and O–H groups in total. The third-order valence-electron chi connectivity index (χ3n) is 3.23. The van der Waals surface area contributed by atoms with Gasteiger partial charge >= 0.3 is 6.09 Å². The highest BCUT2D eigenvalue weighted by Crippen LogP contribution is 2.22. The predicted molar refractivity (Wildman–Crippen MR) is 110 cm³/mol. The standard InChI is InChI=1S/C18H30N6O4/c1-5-19-16(22-12-13-23-17(25)28-18(2,3)4)21-11-10-20-14-8-6-7-9-15(14)24(26)27/h6-9,20H,5,10-13H2,1-4H3,(H,23,25)(H2,19,21,22). The van der Waals surface area contributed by atoms with Crippen molar-refractivity contribution < 1.29 is 14.5 Å². The van der Waals surface area contributed by atoms with E-state index in [1.165, 1.54) is 6.07 Å². The van der Waals surface area contributed by atoms with Crippen LogP contribution >= 0.6 is 0 Å². The molecule has 10 nitrogen and oxygen atoms in total. The molecule has 156 valence electrons. The largest absolute Gasteiger partial charge is 0.444 e. The van der Waals surface area contributed by atoms with Gasteiger partial charge in [-0.05, 0) is 33.8 Å². The zero-order valence-corrected chi connectivity index (χ0v) is 16.9. The van der Waals surface area contributed by atoms with E-state index in [9.17, 15) is 14.9 Å². The maximum atomic E-state index is 11.6. The maximum absolute atomic E-state index is 11.6. The first-order valence-electron chi connectivity index (χ1n) is 9.19. The number of nitro groups is 1. The van der Waals surface area contributed by atoms with Crippen molar-refractivity contribution in [2.24, 2.45) is 4.99 Å². The normalized spacial score (nSPS) is 11.5. The first kappa shape index (κ1) is 23.0. The molecule has 0 saturated heterocycles. The van der Waals surface area contributed by atoms with Crippen LogP contribution in [0.5, 0.6) is 0 Å². The molecule has 0 aliphatic carbocycles. The first-order valence-corrected chi connectivity index (χ1v) is 9.19. The molecule has 1 aromatic carbocycles. The Hall–Kier alpha value is -3.04. The lowest BCUT2D eigenvalue weighted by molar-refractivity contribution is -0.384. The summed E-state index contributed by atoms with van der Waals surface area (Å²) in [6, 6.07) is 6.48. The van der Waals surface area contributed by atoms with E-state index in [-0.39, 0.29) is 5.69 Å². The number of rotatable bonds is 9. The second-order valence-corrected chi connectivity index (χ2v) is 6.82. The number of ether oxygens (including phenoxy) is 1. The molecule has 1 aromatic rings. The first-order chi connectivity index (χ1) is 13.2. The van der Waals surface area contributed by atoms with Gasteiger partial charge in [0, 0.05) is 32.2 Å². The maximum Gasteiger partial charge on any atom is 0.407 e. The van der Waals surface area contributed by atoms with Crippen LogP contribution in [0.1, 0.15) is 27.7 Å². The number of benzene rings is 1. The number of carbonyl (C=O) groups is 1. The second kappa shape index (κ2) is 11.6. The minimum absolute atomic E-state index is 0.0322. The molecule has 1 amide bonds. The number of alkyl carbamates (subject to hydrolysis) is 1. The highest BCUT2D eigenvalue weighted by Gasteiger charge is 2.15. The summed E-state index contributed by atoms with van der Waals surface area (Å²) in [5.41, 5.74) is -0.0405. The van der Waals surface area contributed by atoms with Crippen molar-refractivity contribution in [3.05, 3.63) is 34.4 Å². The Kier molecular flexibility index (Phi) is 9.55. The number of nitrogens with one attached hydrogen (secondary N) is 4. The van der Waals surface area contributed by atoms with Gasteiger partial charge in [0.2, 0.25) is 0 Å². The molecule has 0 heterocycles. The number of guanidine groups is 1. The number of hydrogen-bond donors (Lipinski definition) is 4. The minimum Gasteiger partial charge on any atom is -0.444 e. The van der Waals surface area contributed by atoms with E-state index in [4.69, 9.17) is 4.74 Å². The number of nitrogens with zero attached hydrogens (tertiary/aromatic N) is 2. The molecule has 0 unspecified atom stereocenters. The zero-order chi connectivity index (χ0) is 21.0. The van der Waals surface area contributed by atoms with Crippen molar-refractivity contribution in [3.8, 4) is 0 Å². The Balaban J connectivity index is 2.40. The highest BCUT2D eigenvalue weighted by molar-refractivity contribution is 5.79. The molecule has 28 heavy (non-hydrogen) atoms. The summed E-state index contributed by atoms with van der Waals surface area (Å²) in [5, 5.41) is 22.9. The average Bonchev–Trinajstić information content (AvgIpc) is 2.60. The fraction of sp³-hybridized carbons (Fsp3) is 0.556. The summed E-state index contributed by atoms with van der Waals surface area (Å²) in [7, 11) is 0. The van der Waals surface area contributed by atoms with Crippen molar-refractivity contribution in [3.63, 3.8) is 0 Å². The van der Waals surface area contributed by atoms with E-state index in [1.807, 2.05) is 6.92 Å². The van der Waals surface area contributed by atoms with E-state index < -0.39 is 16.6 Å². The van der Waals surface area contributed by atoms with Crippen LogP contribution in [0.15, 0.2) is 29.3 Å². The molecular formula is C18H30N6O4. The van der Waals surface area contributed by atoms with Crippen molar-refractivity contribution in [2.45, 2.75) is 33.3 Å². The quantitative estimate of drug-likeness (QED) is 0.166. The molecule has 0 spiro atoms. The van der Waals surface area contributed by atoms with E-state index in [1.54, 1.807) is 39.0 Å². The highest BCUT2D eigenvalue weighted by atomic mass is 16.6. The minimum atomic E-state index is -0.533. The second-order valence-electron chi connectivity index (χ2n) is 6.82. The van der Waals surface area contributed by atoms with Crippen LogP contribution in [0.2, 0.25) is 0 Å². The third kappa shape index (κ3) is 9.60. The summed E-state index contributed by atoms with van der Waals surface area (Å²) in [5.74, 6) is 0.595. The molecule has 10 heteroatoms. The Bertz CT molecular complexity index is 672. The lowest BCUT2D eigenvalue weighted by Gasteiger charge is -2.19. The summed E-state index contributed by atoms with van der Waals surface area (Å²) in [6.45, 7) is 9.76. The van der Waals surface area contributed by atoms with Crippen molar-refractivity contribution >= 4 is 23.4 Å². The molecular weight excluding hydrogens is 364 g/mol. The number of anilines is 1. The third-order valence-corrected chi connectivity index (χ3v) is 3.23. The topological polar surface area (TPSA) is 130 Å². The van der Waals surface area contributed by atoms with Crippen molar-refractivity contribution in [2.75, 3.05) is 38.0 Å². The van der Waals surface area contributed by atoms with Crippen molar-refractivity contribution in [1.29, 1.82) is 0 Å². The van der Waals surface area contributed by atoms with E-state index in [0.29, 0.717) is 44.4 Å². The van der Waals surface area contributed by atoms with Gasteiger partial charge in [0.15, 0.2) is 5.96 Å². The molecule has 0 radical (unpaired) electrons. The monoisotopic (exact) mass is 394 g/mol. The van der Waals surface area contributed by atoms with Crippen LogP contribution in [0, 0.1) is 10.1 Å². The Morgan fingerprint density at radius 3 is 2.46 bits per heavy atom. The Morgan fingerprint density at radius 1 is 1.14 bits per heavy atom. The van der Waals surface area contributed by atoms with Gasteiger partial charge in [0.1, 0.15) is 11.3 Å². The molecule has 0 aromatic heterocycles. The van der Waals surface area contributed by atoms with Crippen LogP contribution in [-0.2, 0) is 4.74 Å². The van der Waals surface area contributed by atoms with Gasteiger partial charge in [0.25, 0.3) is 5.69 Å². The molecule has 0 atom stereocenters. The number of nitro benzene ring substituents is 1. The molecule has 0 aliphatic heterocycles. The van der Waals surface area contributed by atoms with Crippen LogP contribution in [-0.4, -0.2) is 55.3 Å². The molecule has 0 aliphatic rings.